The summed E-state index contributed by atoms with van der Waals surface area (Å²) >= 11 is 1.56. The minimum Gasteiger partial charge on any atom is -0.391 e. The number of hydrogen-bond acceptors (Lipinski definition) is 8. The number of sulfonamides is 1. The number of benzene rings is 1. The van der Waals surface area contributed by atoms with Crippen molar-refractivity contribution in [2.45, 2.75) is 51.4 Å². The molecule has 0 fully saturated rings. The predicted molar refractivity (Wildman–Crippen MR) is 131 cm³/mol. The van der Waals surface area contributed by atoms with E-state index >= 15 is 0 Å². The summed E-state index contributed by atoms with van der Waals surface area (Å²) in [4.78, 5) is 29.3. The number of hydrogen-bond donors (Lipinski definition) is 6. The zero-order chi connectivity index (χ0) is 25.0. The summed E-state index contributed by atoms with van der Waals surface area (Å²) in [5, 5.41) is 15.6. The lowest BCUT2D eigenvalue weighted by atomic mass is 10.1. The number of nitrogens with one attached hydrogen (secondary N) is 3. The van der Waals surface area contributed by atoms with Gasteiger partial charge in [-0.25, -0.2) is 13.4 Å². The van der Waals surface area contributed by atoms with Gasteiger partial charge in [-0.3, -0.25) is 14.3 Å². The molecule has 186 valence electrons. The first-order valence-electron chi connectivity index (χ1n) is 10.4. The topological polar surface area (TPSA) is 189 Å². The molecule has 0 saturated carbocycles. The fraction of sp³-hybridized carbons (Fsp3) is 0.550. The van der Waals surface area contributed by atoms with Crippen LogP contribution >= 0.6 is 11.8 Å². The molecule has 0 bridgehead atoms. The van der Waals surface area contributed by atoms with Crippen LogP contribution in [0, 0.1) is 0 Å². The summed E-state index contributed by atoms with van der Waals surface area (Å²) < 4.78 is 25.7. The Bertz CT molecular complexity index is 902. The lowest BCUT2D eigenvalue weighted by Crippen LogP contribution is -2.57. The standard InChI is InChI=1S/C20H34N6O5S2/c1-4-11-33(30,31)26-19(29)17(13(2)27)25-18(28)16(9-10-32-3)23-12-14-5-7-15(8-6-14)24-20(21)22/h5-8,13,16-17,23,27H,4,9-12H2,1-3H3,(H,25,28)(H,26,29)(H4,21,22,24)/t13-,16-,17+/m0/s1. The van der Waals surface area contributed by atoms with Crippen molar-refractivity contribution in [1.29, 1.82) is 0 Å². The van der Waals surface area contributed by atoms with E-state index in [0.29, 0.717) is 30.8 Å². The molecule has 8 N–H and O–H groups in total. The number of rotatable bonds is 14. The molecule has 0 saturated heterocycles. The molecule has 13 heteroatoms. The number of carbonyl (C=O) groups excluding carboxylic acids is 2. The van der Waals surface area contributed by atoms with Crippen LogP contribution < -0.4 is 26.8 Å². The summed E-state index contributed by atoms with van der Waals surface area (Å²) in [5.41, 5.74) is 12.2. The van der Waals surface area contributed by atoms with E-state index in [1.54, 1.807) is 30.8 Å². The van der Waals surface area contributed by atoms with Crippen molar-refractivity contribution in [2.75, 3.05) is 17.8 Å². The molecule has 0 unspecified atom stereocenters. The Morgan fingerprint density at radius 1 is 1.18 bits per heavy atom. The minimum atomic E-state index is -3.84. The van der Waals surface area contributed by atoms with Crippen LogP contribution in [0.4, 0.5) is 5.69 Å². The zero-order valence-electron chi connectivity index (χ0n) is 19.1. The number of aliphatic imine (C=N–C) groups is 1. The van der Waals surface area contributed by atoms with Gasteiger partial charge in [0, 0.05) is 6.54 Å². The number of guanidine groups is 1. The van der Waals surface area contributed by atoms with E-state index in [4.69, 9.17) is 11.5 Å². The first kappa shape index (κ1) is 28.7. The van der Waals surface area contributed by atoms with Gasteiger partial charge < -0.3 is 27.2 Å². The van der Waals surface area contributed by atoms with Crippen LogP contribution in [0.3, 0.4) is 0 Å². The van der Waals surface area contributed by atoms with Crippen molar-refractivity contribution in [3.8, 4) is 0 Å². The highest BCUT2D eigenvalue weighted by molar-refractivity contribution is 7.98. The first-order chi connectivity index (χ1) is 15.5. The maximum atomic E-state index is 12.9. The van der Waals surface area contributed by atoms with Crippen LogP contribution in [0.1, 0.15) is 32.3 Å². The molecule has 1 aromatic rings. The second kappa shape index (κ2) is 14.0. The van der Waals surface area contributed by atoms with E-state index in [-0.39, 0.29) is 11.7 Å². The third kappa shape index (κ3) is 10.9. The molecular weight excluding hydrogens is 468 g/mol. The maximum Gasteiger partial charge on any atom is 0.258 e. The van der Waals surface area contributed by atoms with Gasteiger partial charge in [0.25, 0.3) is 5.91 Å². The molecule has 0 spiro atoms. The molecule has 1 aromatic carbocycles. The first-order valence-corrected chi connectivity index (χ1v) is 13.5. The van der Waals surface area contributed by atoms with Gasteiger partial charge in [0.1, 0.15) is 6.04 Å². The molecule has 0 radical (unpaired) electrons. The molecule has 3 atom stereocenters. The van der Waals surface area contributed by atoms with Gasteiger partial charge in [0.15, 0.2) is 5.96 Å². The van der Waals surface area contributed by atoms with Gasteiger partial charge in [0.2, 0.25) is 15.9 Å². The number of amides is 2. The van der Waals surface area contributed by atoms with Crippen LogP contribution in [0.2, 0.25) is 0 Å². The van der Waals surface area contributed by atoms with Gasteiger partial charge in [0.05, 0.1) is 23.6 Å². The summed E-state index contributed by atoms with van der Waals surface area (Å²) in [6, 6.07) is 5.00. The summed E-state index contributed by atoms with van der Waals surface area (Å²) in [6.45, 7) is 3.32. The Morgan fingerprint density at radius 2 is 1.82 bits per heavy atom. The van der Waals surface area contributed by atoms with Gasteiger partial charge in [-0.15, -0.1) is 0 Å². The average molecular weight is 503 g/mol. The Morgan fingerprint density at radius 3 is 2.33 bits per heavy atom. The minimum absolute atomic E-state index is 0.0473. The fourth-order valence-electron chi connectivity index (χ4n) is 2.84. The third-order valence-electron chi connectivity index (χ3n) is 4.47. The van der Waals surface area contributed by atoms with Crippen molar-refractivity contribution in [3.05, 3.63) is 29.8 Å². The third-order valence-corrected chi connectivity index (χ3v) is 6.57. The van der Waals surface area contributed by atoms with Gasteiger partial charge in [-0.2, -0.15) is 11.8 Å². The molecule has 0 aromatic heterocycles. The largest absolute Gasteiger partial charge is 0.391 e. The van der Waals surface area contributed by atoms with Gasteiger partial charge in [-0.05, 0) is 49.5 Å². The van der Waals surface area contributed by atoms with E-state index in [9.17, 15) is 23.1 Å². The van der Waals surface area contributed by atoms with Crippen LogP contribution in [0.5, 0.6) is 0 Å². The van der Waals surface area contributed by atoms with Crippen LogP contribution in [-0.4, -0.2) is 67.2 Å². The predicted octanol–water partition coefficient (Wildman–Crippen LogP) is -0.476. The monoisotopic (exact) mass is 502 g/mol. The summed E-state index contributed by atoms with van der Waals surface area (Å²) in [5.74, 6) is -1.11. The Balaban J connectivity index is 2.87. The number of aliphatic hydroxyl groups is 1. The smallest absolute Gasteiger partial charge is 0.258 e. The molecular formula is C20H34N6O5S2. The highest BCUT2D eigenvalue weighted by Crippen LogP contribution is 2.13. The average Bonchev–Trinajstić information content (AvgIpc) is 2.71. The Labute approximate surface area is 199 Å². The highest BCUT2D eigenvalue weighted by Gasteiger charge is 2.30. The number of carbonyl (C=O) groups is 2. The van der Waals surface area contributed by atoms with Crippen LogP contribution in [0.25, 0.3) is 0 Å². The molecule has 0 aliphatic rings. The highest BCUT2D eigenvalue weighted by atomic mass is 32.2. The molecule has 11 nitrogen and oxygen atoms in total. The number of nitrogens with two attached hydrogens (primary N) is 2. The summed E-state index contributed by atoms with van der Waals surface area (Å²) in [7, 11) is -3.84. The zero-order valence-corrected chi connectivity index (χ0v) is 20.7. The van der Waals surface area contributed by atoms with Crippen molar-refractivity contribution in [2.24, 2.45) is 16.5 Å². The lowest BCUT2D eigenvalue weighted by molar-refractivity contribution is -0.131. The maximum absolute atomic E-state index is 12.9. The second-order valence-electron chi connectivity index (χ2n) is 7.43. The van der Waals surface area contributed by atoms with Crippen LogP contribution in [0.15, 0.2) is 29.3 Å². The van der Waals surface area contributed by atoms with E-state index in [1.165, 1.54) is 6.92 Å². The Hall–Kier alpha value is -2.35. The van der Waals surface area contributed by atoms with Crippen LogP contribution in [-0.2, 0) is 26.2 Å². The number of thioether (sulfide) groups is 1. The molecule has 0 aliphatic carbocycles. The molecule has 1 rings (SSSR count). The van der Waals surface area contributed by atoms with Gasteiger partial charge >= 0.3 is 0 Å². The van der Waals surface area contributed by atoms with E-state index in [2.05, 4.69) is 15.6 Å². The number of aliphatic hydroxyl groups excluding tert-OH is 1. The normalized spacial score (nSPS) is 14.1. The SMILES string of the molecule is CCCS(=O)(=O)NC(=O)[C@H](NC(=O)[C@H](CCSC)NCc1ccc(N=C(N)N)cc1)[C@H](C)O. The lowest BCUT2D eigenvalue weighted by Gasteiger charge is -2.24. The van der Waals surface area contributed by atoms with E-state index < -0.39 is 40.0 Å². The van der Waals surface area contributed by atoms with E-state index in [1.807, 2.05) is 23.1 Å². The van der Waals surface area contributed by atoms with Crippen molar-refractivity contribution >= 4 is 45.2 Å². The summed E-state index contributed by atoms with van der Waals surface area (Å²) in [6.07, 6.45) is 1.39. The van der Waals surface area contributed by atoms with Gasteiger partial charge in [-0.1, -0.05) is 19.1 Å². The van der Waals surface area contributed by atoms with E-state index in [0.717, 1.165) is 5.56 Å². The Kier molecular flexibility index (Phi) is 12.2. The van der Waals surface area contributed by atoms with Crippen molar-refractivity contribution < 1.29 is 23.1 Å². The molecule has 0 aliphatic heterocycles. The van der Waals surface area contributed by atoms with Crippen molar-refractivity contribution in [3.63, 3.8) is 0 Å². The number of nitrogens with zero attached hydrogens (tertiary/aromatic N) is 1. The molecule has 33 heavy (non-hydrogen) atoms. The quantitative estimate of drug-likeness (QED) is 0.144. The second-order valence-corrected chi connectivity index (χ2v) is 10.3. The fourth-order valence-corrected chi connectivity index (χ4v) is 4.38. The molecule has 0 heterocycles. The molecule has 2 amide bonds. The van der Waals surface area contributed by atoms with Crippen molar-refractivity contribution in [1.82, 2.24) is 15.4 Å².